The largest absolute Gasteiger partial charge is 0.494 e. The Morgan fingerprint density at radius 2 is 2.00 bits per heavy atom. The summed E-state index contributed by atoms with van der Waals surface area (Å²) in [5.41, 5.74) is 9.72. The molecule has 3 N–H and O–H groups in total. The Labute approximate surface area is 114 Å². The second kappa shape index (κ2) is 5.93. The second-order valence-corrected chi connectivity index (χ2v) is 4.84. The molecule has 1 aromatic carbocycles. The number of carboxylic acids is 1. The molecule has 5 heteroatoms. The summed E-state index contributed by atoms with van der Waals surface area (Å²) in [4.78, 5) is 12.7. The molecule has 0 radical (unpaired) electrons. The Hall–Kier alpha value is -1.75. The average molecular weight is 266 g/mol. The number of aliphatic carboxylic acids is 1. The molecule has 0 aliphatic rings. The Balaban J connectivity index is 3.19. The Morgan fingerprint density at radius 3 is 2.47 bits per heavy atom. The first-order valence-corrected chi connectivity index (χ1v) is 6.13. The molecule has 0 fully saturated rings. The van der Waals surface area contributed by atoms with Gasteiger partial charge < -0.3 is 20.5 Å². The van der Waals surface area contributed by atoms with Crippen LogP contribution in [0.4, 0.5) is 5.69 Å². The molecule has 0 spiro atoms. The molecule has 106 valence electrons. The van der Waals surface area contributed by atoms with Crippen LogP contribution in [-0.2, 0) is 4.79 Å². The highest BCUT2D eigenvalue weighted by atomic mass is 16.5. The van der Waals surface area contributed by atoms with E-state index < -0.39 is 12.0 Å². The van der Waals surface area contributed by atoms with Crippen LogP contribution in [0.3, 0.4) is 0 Å². The number of anilines is 1. The van der Waals surface area contributed by atoms with Gasteiger partial charge in [-0.25, -0.2) is 0 Å². The molecule has 0 amide bonds. The molecule has 1 unspecified atom stereocenters. The summed E-state index contributed by atoms with van der Waals surface area (Å²) >= 11 is 0. The summed E-state index contributed by atoms with van der Waals surface area (Å²) in [6, 6.07) is 1.14. The highest BCUT2D eigenvalue weighted by Gasteiger charge is 2.20. The van der Waals surface area contributed by atoms with Gasteiger partial charge in [0.1, 0.15) is 11.8 Å². The molecular formula is C14H22N2O3. The molecule has 0 aliphatic carbocycles. The number of carboxylic acid groups (broad SMARTS) is 1. The van der Waals surface area contributed by atoms with Crippen LogP contribution in [-0.4, -0.2) is 37.8 Å². The van der Waals surface area contributed by atoms with Gasteiger partial charge in [0.25, 0.3) is 0 Å². The van der Waals surface area contributed by atoms with E-state index in [0.717, 1.165) is 28.1 Å². The highest BCUT2D eigenvalue weighted by Crippen LogP contribution is 2.36. The van der Waals surface area contributed by atoms with E-state index >= 15 is 0 Å². The van der Waals surface area contributed by atoms with Crippen LogP contribution < -0.4 is 15.4 Å². The van der Waals surface area contributed by atoms with Gasteiger partial charge in [0, 0.05) is 13.6 Å². The summed E-state index contributed by atoms with van der Waals surface area (Å²) in [5, 5.41) is 8.89. The van der Waals surface area contributed by atoms with Crippen LogP contribution >= 0.6 is 0 Å². The third-order valence-corrected chi connectivity index (χ3v) is 3.33. The van der Waals surface area contributed by atoms with Gasteiger partial charge in [-0.1, -0.05) is 6.07 Å². The number of rotatable bonds is 5. The van der Waals surface area contributed by atoms with E-state index in [1.807, 2.05) is 32.7 Å². The SMILES string of the molecule is COc1c(C)c(C)cc(C)c1N(C)CC(N)C(=O)O. The highest BCUT2D eigenvalue weighted by molar-refractivity contribution is 5.75. The molecule has 0 aliphatic heterocycles. The van der Waals surface area contributed by atoms with Crippen LogP contribution in [0.5, 0.6) is 5.75 Å². The first kappa shape index (κ1) is 15.3. The number of methoxy groups -OCH3 is 1. The van der Waals surface area contributed by atoms with Crippen molar-refractivity contribution in [2.24, 2.45) is 5.73 Å². The van der Waals surface area contributed by atoms with Crippen molar-refractivity contribution in [3.8, 4) is 5.75 Å². The number of likely N-dealkylation sites (N-methyl/N-ethyl adjacent to an activating group) is 1. The molecule has 0 aromatic heterocycles. The van der Waals surface area contributed by atoms with Gasteiger partial charge in [-0.05, 0) is 37.5 Å². The number of carbonyl (C=O) groups is 1. The molecular weight excluding hydrogens is 244 g/mol. The lowest BCUT2D eigenvalue weighted by Crippen LogP contribution is -2.41. The van der Waals surface area contributed by atoms with Crippen molar-refractivity contribution in [2.75, 3.05) is 25.6 Å². The van der Waals surface area contributed by atoms with Crippen molar-refractivity contribution < 1.29 is 14.6 Å². The maximum Gasteiger partial charge on any atom is 0.322 e. The molecule has 1 rings (SSSR count). The zero-order chi connectivity index (χ0) is 14.7. The Morgan fingerprint density at radius 1 is 1.42 bits per heavy atom. The average Bonchev–Trinajstić information content (AvgIpc) is 2.32. The molecule has 1 aromatic rings. The van der Waals surface area contributed by atoms with E-state index in [9.17, 15) is 4.79 Å². The number of nitrogens with zero attached hydrogens (tertiary/aromatic N) is 1. The van der Waals surface area contributed by atoms with E-state index in [2.05, 4.69) is 6.07 Å². The van der Waals surface area contributed by atoms with Gasteiger partial charge in [0.15, 0.2) is 0 Å². The van der Waals surface area contributed by atoms with Crippen LogP contribution in [0.25, 0.3) is 0 Å². The summed E-state index contributed by atoms with van der Waals surface area (Å²) < 4.78 is 5.47. The molecule has 0 saturated carbocycles. The first-order valence-electron chi connectivity index (χ1n) is 6.13. The van der Waals surface area contributed by atoms with Gasteiger partial charge in [0.05, 0.1) is 12.8 Å². The standard InChI is InChI=1S/C14H22N2O3/c1-8-6-9(2)12(13(19-5)10(8)3)16(4)7-11(15)14(17)18/h6,11H,7,15H2,1-5H3,(H,17,18). The van der Waals surface area contributed by atoms with Crippen LogP contribution in [0, 0.1) is 20.8 Å². The minimum Gasteiger partial charge on any atom is -0.494 e. The number of hydrogen-bond acceptors (Lipinski definition) is 4. The molecule has 0 bridgehead atoms. The fourth-order valence-corrected chi connectivity index (χ4v) is 2.23. The summed E-state index contributed by atoms with van der Waals surface area (Å²) in [5.74, 6) is -0.232. The van der Waals surface area contributed by atoms with Crippen LogP contribution in [0.2, 0.25) is 0 Å². The van der Waals surface area contributed by atoms with Gasteiger partial charge in [-0.3, -0.25) is 4.79 Å². The molecule has 19 heavy (non-hydrogen) atoms. The van der Waals surface area contributed by atoms with Gasteiger partial charge in [-0.2, -0.15) is 0 Å². The summed E-state index contributed by atoms with van der Waals surface area (Å²) in [7, 11) is 3.44. The van der Waals surface area contributed by atoms with Crippen LogP contribution in [0.15, 0.2) is 6.07 Å². The molecule has 0 heterocycles. The molecule has 0 saturated heterocycles. The maximum atomic E-state index is 10.8. The lowest BCUT2D eigenvalue weighted by Gasteiger charge is -2.27. The zero-order valence-corrected chi connectivity index (χ0v) is 12.2. The fourth-order valence-electron chi connectivity index (χ4n) is 2.23. The quantitative estimate of drug-likeness (QED) is 0.844. The predicted molar refractivity (Wildman–Crippen MR) is 76.1 cm³/mol. The van der Waals surface area contributed by atoms with Crippen molar-refractivity contribution in [3.05, 3.63) is 22.8 Å². The van der Waals surface area contributed by atoms with Crippen molar-refractivity contribution >= 4 is 11.7 Å². The monoisotopic (exact) mass is 266 g/mol. The third-order valence-electron chi connectivity index (χ3n) is 3.33. The smallest absolute Gasteiger partial charge is 0.322 e. The van der Waals surface area contributed by atoms with Gasteiger partial charge >= 0.3 is 5.97 Å². The predicted octanol–water partition coefficient (Wildman–Crippen LogP) is 1.47. The number of aryl methyl sites for hydroxylation is 2. The van der Waals surface area contributed by atoms with Crippen molar-refractivity contribution in [1.82, 2.24) is 0 Å². The van der Waals surface area contributed by atoms with E-state index in [0.29, 0.717) is 0 Å². The zero-order valence-electron chi connectivity index (χ0n) is 12.2. The Kier molecular flexibility index (Phi) is 4.78. The number of ether oxygens (including phenoxy) is 1. The van der Waals surface area contributed by atoms with E-state index in [4.69, 9.17) is 15.6 Å². The topological polar surface area (TPSA) is 75.8 Å². The Bertz CT molecular complexity index is 486. The van der Waals surface area contributed by atoms with Crippen molar-refractivity contribution in [1.29, 1.82) is 0 Å². The summed E-state index contributed by atoms with van der Waals surface area (Å²) in [6.45, 7) is 6.22. The van der Waals surface area contributed by atoms with Gasteiger partial charge in [0.2, 0.25) is 0 Å². The minimum atomic E-state index is -1.01. The second-order valence-electron chi connectivity index (χ2n) is 4.84. The number of nitrogens with two attached hydrogens (primary N) is 1. The lowest BCUT2D eigenvalue weighted by molar-refractivity contribution is -0.138. The fraction of sp³-hybridized carbons (Fsp3) is 0.500. The minimum absolute atomic E-state index is 0.231. The van der Waals surface area contributed by atoms with Crippen molar-refractivity contribution in [2.45, 2.75) is 26.8 Å². The lowest BCUT2D eigenvalue weighted by atomic mass is 10.0. The number of benzene rings is 1. The van der Waals surface area contributed by atoms with Gasteiger partial charge in [-0.15, -0.1) is 0 Å². The maximum absolute atomic E-state index is 10.8. The molecule has 1 atom stereocenters. The van der Waals surface area contributed by atoms with Crippen molar-refractivity contribution in [3.63, 3.8) is 0 Å². The third kappa shape index (κ3) is 3.17. The first-order chi connectivity index (χ1) is 8.79. The normalized spacial score (nSPS) is 12.1. The van der Waals surface area contributed by atoms with E-state index in [1.165, 1.54) is 0 Å². The van der Waals surface area contributed by atoms with E-state index in [-0.39, 0.29) is 6.54 Å². The summed E-state index contributed by atoms with van der Waals surface area (Å²) in [6.07, 6.45) is 0. The number of hydrogen-bond donors (Lipinski definition) is 2. The van der Waals surface area contributed by atoms with Crippen LogP contribution in [0.1, 0.15) is 16.7 Å². The molecule has 5 nitrogen and oxygen atoms in total. The van der Waals surface area contributed by atoms with E-state index in [1.54, 1.807) is 7.11 Å².